The highest BCUT2D eigenvalue weighted by Gasteiger charge is 2.19. The van der Waals surface area contributed by atoms with Crippen molar-refractivity contribution >= 4 is 0 Å². The van der Waals surface area contributed by atoms with Gasteiger partial charge in [-0.25, -0.2) is 4.98 Å². The Labute approximate surface area is 107 Å². The van der Waals surface area contributed by atoms with Gasteiger partial charge in [-0.3, -0.25) is 0 Å². The second kappa shape index (κ2) is 5.23. The van der Waals surface area contributed by atoms with Crippen molar-refractivity contribution in [1.29, 1.82) is 0 Å². The molecule has 1 unspecified atom stereocenters. The quantitative estimate of drug-likeness (QED) is 0.869. The van der Waals surface area contributed by atoms with E-state index in [0.29, 0.717) is 0 Å². The summed E-state index contributed by atoms with van der Waals surface area (Å²) in [6.07, 6.45) is 3.46. The van der Waals surface area contributed by atoms with Crippen LogP contribution < -0.4 is 4.74 Å². The van der Waals surface area contributed by atoms with Crippen LogP contribution in [0.4, 0.5) is 0 Å². The number of aliphatic hydroxyl groups is 1. The first-order chi connectivity index (χ1) is 8.67. The molecule has 1 aromatic heterocycles. The van der Waals surface area contributed by atoms with Gasteiger partial charge in [-0.15, -0.1) is 0 Å². The van der Waals surface area contributed by atoms with E-state index >= 15 is 0 Å². The van der Waals surface area contributed by atoms with Gasteiger partial charge < -0.3 is 14.8 Å². The van der Waals surface area contributed by atoms with Crippen LogP contribution in [0.3, 0.4) is 0 Å². The first-order valence-electron chi connectivity index (χ1n) is 5.92. The molecule has 0 amide bonds. The molecule has 0 fully saturated rings. The van der Waals surface area contributed by atoms with Crippen molar-refractivity contribution in [3.05, 3.63) is 47.0 Å². The molecule has 1 aromatic carbocycles. The zero-order valence-electron chi connectivity index (χ0n) is 10.9. The Hall–Kier alpha value is -1.81. The predicted molar refractivity (Wildman–Crippen MR) is 70.0 cm³/mol. The Kier molecular flexibility index (Phi) is 3.67. The van der Waals surface area contributed by atoms with Crippen LogP contribution >= 0.6 is 0 Å². The van der Waals surface area contributed by atoms with Crippen LogP contribution in [0.1, 0.15) is 28.4 Å². The van der Waals surface area contributed by atoms with Crippen molar-refractivity contribution in [3.63, 3.8) is 0 Å². The molecule has 18 heavy (non-hydrogen) atoms. The molecule has 0 aliphatic carbocycles. The highest BCUT2D eigenvalue weighted by molar-refractivity contribution is 5.44. The van der Waals surface area contributed by atoms with Gasteiger partial charge in [-0.1, -0.05) is 6.07 Å². The lowest BCUT2D eigenvalue weighted by molar-refractivity contribution is 0.276. The molecule has 0 saturated carbocycles. The largest absolute Gasteiger partial charge is 0.496 e. The summed E-state index contributed by atoms with van der Waals surface area (Å²) < 4.78 is 5.34. The summed E-state index contributed by atoms with van der Waals surface area (Å²) in [7, 11) is 1.66. The molecule has 4 heteroatoms. The fourth-order valence-electron chi connectivity index (χ4n) is 2.24. The number of rotatable bonds is 4. The average molecular weight is 246 g/mol. The molecule has 0 spiro atoms. The number of nitrogens with zero attached hydrogens (tertiary/aromatic N) is 1. The van der Waals surface area contributed by atoms with E-state index < -0.39 is 0 Å². The second-order valence-corrected chi connectivity index (χ2v) is 4.39. The number of aromatic amines is 1. The lowest BCUT2D eigenvalue weighted by Crippen LogP contribution is -2.10. The standard InChI is InChI=1S/C14H18N2O2/c1-9-6-10(2)13(18-3)7-11(9)12(8-17)14-15-4-5-16-14/h4-7,12,17H,8H2,1-3H3,(H,15,16). The number of imidazole rings is 1. The van der Waals surface area contributed by atoms with Crippen molar-refractivity contribution in [2.45, 2.75) is 19.8 Å². The van der Waals surface area contributed by atoms with Crippen LogP contribution in [0.25, 0.3) is 0 Å². The molecular formula is C14H18N2O2. The molecule has 2 N–H and O–H groups in total. The van der Waals surface area contributed by atoms with Gasteiger partial charge in [0.15, 0.2) is 0 Å². The molecule has 1 atom stereocenters. The van der Waals surface area contributed by atoms with E-state index in [4.69, 9.17) is 4.74 Å². The first kappa shape index (κ1) is 12.6. The molecule has 0 bridgehead atoms. The van der Waals surface area contributed by atoms with E-state index in [1.54, 1.807) is 19.5 Å². The van der Waals surface area contributed by atoms with Gasteiger partial charge in [-0.05, 0) is 36.6 Å². The van der Waals surface area contributed by atoms with Crippen molar-refractivity contribution in [3.8, 4) is 5.75 Å². The minimum atomic E-state index is -0.144. The molecule has 2 rings (SSSR count). The van der Waals surface area contributed by atoms with Crippen LogP contribution in [-0.4, -0.2) is 28.8 Å². The van der Waals surface area contributed by atoms with Crippen LogP contribution in [0.2, 0.25) is 0 Å². The van der Waals surface area contributed by atoms with E-state index in [1.807, 2.05) is 19.9 Å². The zero-order valence-corrected chi connectivity index (χ0v) is 10.9. The Balaban J connectivity index is 2.48. The van der Waals surface area contributed by atoms with E-state index in [9.17, 15) is 5.11 Å². The summed E-state index contributed by atoms with van der Waals surface area (Å²) in [6.45, 7) is 4.06. The summed E-state index contributed by atoms with van der Waals surface area (Å²) in [5, 5.41) is 9.61. The fraction of sp³-hybridized carbons (Fsp3) is 0.357. The van der Waals surface area contributed by atoms with Crippen LogP contribution in [0.5, 0.6) is 5.75 Å². The van der Waals surface area contributed by atoms with Gasteiger partial charge in [0.25, 0.3) is 0 Å². The molecule has 0 radical (unpaired) electrons. The maximum absolute atomic E-state index is 9.61. The lowest BCUT2D eigenvalue weighted by atomic mass is 9.93. The maximum atomic E-state index is 9.61. The zero-order chi connectivity index (χ0) is 13.1. The number of aromatic nitrogens is 2. The number of hydrogen-bond acceptors (Lipinski definition) is 3. The Morgan fingerprint density at radius 3 is 2.67 bits per heavy atom. The molecule has 96 valence electrons. The number of hydrogen-bond donors (Lipinski definition) is 2. The Bertz CT molecular complexity index is 521. The molecule has 2 aromatic rings. The summed E-state index contributed by atoms with van der Waals surface area (Å²) in [6, 6.07) is 4.05. The normalized spacial score (nSPS) is 12.4. The first-order valence-corrected chi connectivity index (χ1v) is 5.92. The van der Waals surface area contributed by atoms with Crippen LogP contribution in [-0.2, 0) is 0 Å². The Morgan fingerprint density at radius 2 is 2.11 bits per heavy atom. The van der Waals surface area contributed by atoms with Crippen molar-refractivity contribution in [1.82, 2.24) is 9.97 Å². The van der Waals surface area contributed by atoms with E-state index in [1.165, 1.54) is 0 Å². The fourth-order valence-corrected chi connectivity index (χ4v) is 2.24. The second-order valence-electron chi connectivity index (χ2n) is 4.39. The number of H-pyrrole nitrogens is 1. The number of nitrogens with one attached hydrogen (secondary N) is 1. The van der Waals surface area contributed by atoms with Gasteiger partial charge in [-0.2, -0.15) is 0 Å². The average Bonchev–Trinajstić information content (AvgIpc) is 2.86. The number of aliphatic hydroxyl groups excluding tert-OH is 1. The maximum Gasteiger partial charge on any atom is 0.122 e. The van der Waals surface area contributed by atoms with Crippen molar-refractivity contribution in [2.24, 2.45) is 0 Å². The van der Waals surface area contributed by atoms with Crippen molar-refractivity contribution < 1.29 is 9.84 Å². The molecule has 0 aliphatic rings. The molecule has 0 aliphatic heterocycles. The van der Waals surface area contributed by atoms with Crippen LogP contribution in [0, 0.1) is 13.8 Å². The minimum Gasteiger partial charge on any atom is -0.496 e. The number of aryl methyl sites for hydroxylation is 2. The number of ether oxygens (including phenoxy) is 1. The monoisotopic (exact) mass is 246 g/mol. The third-order valence-corrected chi connectivity index (χ3v) is 3.19. The SMILES string of the molecule is COc1cc(C(CO)c2ncc[nH]2)c(C)cc1C. The molecular weight excluding hydrogens is 228 g/mol. The molecule has 4 nitrogen and oxygen atoms in total. The topological polar surface area (TPSA) is 58.1 Å². The van der Waals surface area contributed by atoms with Crippen LogP contribution in [0.15, 0.2) is 24.5 Å². The summed E-state index contributed by atoms with van der Waals surface area (Å²) in [5.41, 5.74) is 3.26. The summed E-state index contributed by atoms with van der Waals surface area (Å²) >= 11 is 0. The number of methoxy groups -OCH3 is 1. The highest BCUT2D eigenvalue weighted by Crippen LogP contribution is 2.30. The Morgan fingerprint density at radius 1 is 1.33 bits per heavy atom. The number of benzene rings is 1. The van der Waals surface area contributed by atoms with Gasteiger partial charge in [0.1, 0.15) is 11.6 Å². The smallest absolute Gasteiger partial charge is 0.122 e. The van der Waals surface area contributed by atoms with Gasteiger partial charge in [0.2, 0.25) is 0 Å². The predicted octanol–water partition coefficient (Wildman–Crippen LogP) is 2.16. The third kappa shape index (κ3) is 2.24. The highest BCUT2D eigenvalue weighted by atomic mass is 16.5. The van der Waals surface area contributed by atoms with Gasteiger partial charge >= 0.3 is 0 Å². The summed E-state index contributed by atoms with van der Waals surface area (Å²) in [4.78, 5) is 7.28. The minimum absolute atomic E-state index is 0.0145. The van der Waals surface area contributed by atoms with Crippen molar-refractivity contribution in [2.75, 3.05) is 13.7 Å². The van der Waals surface area contributed by atoms with Gasteiger partial charge in [0, 0.05) is 12.4 Å². The summed E-state index contributed by atoms with van der Waals surface area (Å²) in [5.74, 6) is 1.46. The van der Waals surface area contributed by atoms with E-state index in [0.717, 1.165) is 28.3 Å². The van der Waals surface area contributed by atoms with E-state index in [2.05, 4.69) is 16.0 Å². The van der Waals surface area contributed by atoms with E-state index in [-0.39, 0.29) is 12.5 Å². The lowest BCUT2D eigenvalue weighted by Gasteiger charge is -2.17. The molecule has 1 heterocycles. The third-order valence-electron chi connectivity index (χ3n) is 3.19. The van der Waals surface area contributed by atoms with Gasteiger partial charge in [0.05, 0.1) is 19.6 Å². The molecule has 0 saturated heterocycles.